The second-order valence-electron chi connectivity index (χ2n) is 4.21. The van der Waals surface area contributed by atoms with E-state index < -0.39 is 0 Å². The monoisotopic (exact) mass is 253 g/mol. The predicted molar refractivity (Wildman–Crippen MR) is 69.3 cm³/mol. The number of phenolic OH excluding ortho intramolecular Hbond substituents is 1. The third-order valence-corrected chi connectivity index (χ3v) is 2.83. The van der Waals surface area contributed by atoms with Gasteiger partial charge in [0.05, 0.1) is 0 Å². The summed E-state index contributed by atoms with van der Waals surface area (Å²) in [6.07, 6.45) is 1.26. The van der Waals surface area contributed by atoms with Crippen molar-refractivity contribution >= 4 is 11.9 Å². The van der Waals surface area contributed by atoms with Crippen molar-refractivity contribution in [3.8, 4) is 5.75 Å². The van der Waals surface area contributed by atoms with Gasteiger partial charge in [0, 0.05) is 6.42 Å². The van der Waals surface area contributed by atoms with Gasteiger partial charge in [0.2, 0.25) is 0 Å². The van der Waals surface area contributed by atoms with Crippen LogP contribution in [0.3, 0.4) is 0 Å². The molecule has 94 valence electrons. The average molecular weight is 253 g/mol. The summed E-state index contributed by atoms with van der Waals surface area (Å²) >= 11 is 0. The SMILES string of the molecule is O=Cc1cccc2nc(Cc3cccc(O)c3)nn12. The second-order valence-corrected chi connectivity index (χ2v) is 4.21. The van der Waals surface area contributed by atoms with Crippen molar-refractivity contribution < 1.29 is 9.90 Å². The summed E-state index contributed by atoms with van der Waals surface area (Å²) < 4.78 is 1.52. The summed E-state index contributed by atoms with van der Waals surface area (Å²) in [4.78, 5) is 15.3. The van der Waals surface area contributed by atoms with Crippen LogP contribution in [0.1, 0.15) is 21.9 Å². The lowest BCUT2D eigenvalue weighted by molar-refractivity contribution is 0.111. The first-order valence-electron chi connectivity index (χ1n) is 5.84. The van der Waals surface area contributed by atoms with E-state index in [-0.39, 0.29) is 5.75 Å². The molecule has 0 aliphatic carbocycles. The van der Waals surface area contributed by atoms with Crippen LogP contribution >= 0.6 is 0 Å². The fourth-order valence-electron chi connectivity index (χ4n) is 1.98. The summed E-state index contributed by atoms with van der Waals surface area (Å²) in [5, 5.41) is 13.7. The standard InChI is InChI=1S/C14H11N3O2/c18-9-11-4-2-6-14-15-13(16-17(11)14)8-10-3-1-5-12(19)7-10/h1-7,9,19H,8H2. The summed E-state index contributed by atoms with van der Waals surface area (Å²) in [6.45, 7) is 0. The van der Waals surface area contributed by atoms with Gasteiger partial charge < -0.3 is 5.11 Å². The van der Waals surface area contributed by atoms with E-state index in [1.807, 2.05) is 6.07 Å². The Bertz CT molecular complexity index is 749. The molecule has 0 atom stereocenters. The van der Waals surface area contributed by atoms with E-state index in [1.165, 1.54) is 4.52 Å². The minimum Gasteiger partial charge on any atom is -0.508 e. The Balaban J connectivity index is 2.00. The smallest absolute Gasteiger partial charge is 0.168 e. The molecule has 0 unspecified atom stereocenters. The maximum atomic E-state index is 10.9. The number of pyridine rings is 1. The number of fused-ring (bicyclic) bond motifs is 1. The molecule has 0 saturated heterocycles. The minimum atomic E-state index is 0.217. The topological polar surface area (TPSA) is 67.5 Å². The van der Waals surface area contributed by atoms with Crippen molar-refractivity contribution in [1.82, 2.24) is 14.6 Å². The van der Waals surface area contributed by atoms with Crippen LogP contribution in [-0.4, -0.2) is 26.0 Å². The zero-order chi connectivity index (χ0) is 13.2. The first kappa shape index (κ1) is 11.4. The number of nitrogens with zero attached hydrogens (tertiary/aromatic N) is 3. The lowest BCUT2D eigenvalue weighted by atomic mass is 10.1. The molecule has 2 heterocycles. The van der Waals surface area contributed by atoms with Gasteiger partial charge >= 0.3 is 0 Å². The average Bonchev–Trinajstić information content (AvgIpc) is 2.80. The van der Waals surface area contributed by atoms with E-state index in [0.717, 1.165) is 11.8 Å². The van der Waals surface area contributed by atoms with E-state index in [0.29, 0.717) is 23.6 Å². The molecule has 0 radical (unpaired) electrons. The van der Waals surface area contributed by atoms with Gasteiger partial charge in [0.1, 0.15) is 11.4 Å². The molecule has 0 amide bonds. The number of aldehydes is 1. The number of carbonyl (C=O) groups is 1. The van der Waals surface area contributed by atoms with Crippen molar-refractivity contribution in [2.45, 2.75) is 6.42 Å². The molecular formula is C14H11N3O2. The Morgan fingerprint density at radius 3 is 2.84 bits per heavy atom. The quantitative estimate of drug-likeness (QED) is 0.723. The number of carbonyl (C=O) groups excluding carboxylic acids is 1. The van der Waals surface area contributed by atoms with Crippen molar-refractivity contribution in [1.29, 1.82) is 0 Å². The molecule has 0 saturated carbocycles. The third kappa shape index (κ3) is 2.18. The van der Waals surface area contributed by atoms with Gasteiger partial charge in [-0.2, -0.15) is 5.10 Å². The van der Waals surface area contributed by atoms with Crippen LogP contribution in [0.4, 0.5) is 0 Å². The van der Waals surface area contributed by atoms with Crippen molar-refractivity contribution in [3.05, 3.63) is 59.5 Å². The van der Waals surface area contributed by atoms with Gasteiger partial charge in [-0.3, -0.25) is 4.79 Å². The van der Waals surface area contributed by atoms with Crippen LogP contribution in [0.25, 0.3) is 5.65 Å². The molecule has 1 N–H and O–H groups in total. The molecule has 1 aromatic carbocycles. The fourth-order valence-corrected chi connectivity index (χ4v) is 1.98. The zero-order valence-corrected chi connectivity index (χ0v) is 10.0. The normalized spacial score (nSPS) is 10.7. The summed E-state index contributed by atoms with van der Waals surface area (Å²) in [6, 6.07) is 12.2. The second kappa shape index (κ2) is 4.53. The summed E-state index contributed by atoms with van der Waals surface area (Å²) in [5.41, 5.74) is 2.02. The molecule has 19 heavy (non-hydrogen) atoms. The number of phenols is 1. The Labute approximate surface area is 109 Å². The molecular weight excluding hydrogens is 242 g/mol. The molecule has 3 rings (SSSR count). The molecule has 0 aliphatic rings. The van der Waals surface area contributed by atoms with Gasteiger partial charge in [0.25, 0.3) is 0 Å². The van der Waals surface area contributed by atoms with Crippen LogP contribution < -0.4 is 0 Å². The van der Waals surface area contributed by atoms with Crippen LogP contribution in [0.15, 0.2) is 42.5 Å². The Morgan fingerprint density at radius 1 is 1.21 bits per heavy atom. The summed E-state index contributed by atoms with van der Waals surface area (Å²) in [7, 11) is 0. The number of aromatic hydroxyl groups is 1. The number of aromatic nitrogens is 3. The maximum absolute atomic E-state index is 10.9. The lowest BCUT2D eigenvalue weighted by Crippen LogP contribution is -1.97. The Hall–Kier alpha value is -2.69. The molecule has 2 aromatic heterocycles. The molecule has 3 aromatic rings. The van der Waals surface area contributed by atoms with Crippen molar-refractivity contribution in [2.75, 3.05) is 0 Å². The molecule has 5 heteroatoms. The first-order chi connectivity index (χ1) is 9.26. The highest BCUT2D eigenvalue weighted by molar-refractivity contribution is 5.73. The van der Waals surface area contributed by atoms with Crippen LogP contribution in [0, 0.1) is 0 Å². The highest BCUT2D eigenvalue weighted by Gasteiger charge is 2.07. The first-order valence-corrected chi connectivity index (χ1v) is 5.84. The van der Waals surface area contributed by atoms with Crippen LogP contribution in [0.2, 0.25) is 0 Å². The van der Waals surface area contributed by atoms with Gasteiger partial charge in [-0.1, -0.05) is 18.2 Å². The van der Waals surface area contributed by atoms with E-state index in [1.54, 1.807) is 36.4 Å². The van der Waals surface area contributed by atoms with Gasteiger partial charge in [-0.05, 0) is 29.8 Å². The molecule has 0 aliphatic heterocycles. The number of benzene rings is 1. The Kier molecular flexibility index (Phi) is 2.72. The van der Waals surface area contributed by atoms with Gasteiger partial charge in [0.15, 0.2) is 17.8 Å². The van der Waals surface area contributed by atoms with E-state index >= 15 is 0 Å². The van der Waals surface area contributed by atoms with Crippen LogP contribution in [-0.2, 0) is 6.42 Å². The summed E-state index contributed by atoms with van der Waals surface area (Å²) in [5.74, 6) is 0.828. The third-order valence-electron chi connectivity index (χ3n) is 2.83. The van der Waals surface area contributed by atoms with Gasteiger partial charge in [-0.25, -0.2) is 9.50 Å². The molecule has 0 fully saturated rings. The van der Waals surface area contributed by atoms with E-state index in [2.05, 4.69) is 10.1 Å². The highest BCUT2D eigenvalue weighted by Crippen LogP contribution is 2.14. The zero-order valence-electron chi connectivity index (χ0n) is 10.0. The van der Waals surface area contributed by atoms with Crippen molar-refractivity contribution in [3.63, 3.8) is 0 Å². The Morgan fingerprint density at radius 2 is 2.05 bits per heavy atom. The molecule has 0 spiro atoms. The molecule has 0 bridgehead atoms. The lowest BCUT2D eigenvalue weighted by Gasteiger charge is -1.97. The number of hydrogen-bond donors (Lipinski definition) is 1. The maximum Gasteiger partial charge on any atom is 0.168 e. The van der Waals surface area contributed by atoms with E-state index in [9.17, 15) is 9.90 Å². The number of rotatable bonds is 3. The largest absolute Gasteiger partial charge is 0.508 e. The number of hydrogen-bond acceptors (Lipinski definition) is 4. The van der Waals surface area contributed by atoms with Crippen LogP contribution in [0.5, 0.6) is 5.75 Å². The fraction of sp³-hybridized carbons (Fsp3) is 0.0714. The predicted octanol–water partition coefficient (Wildman–Crippen LogP) is 1.84. The van der Waals surface area contributed by atoms with Gasteiger partial charge in [-0.15, -0.1) is 0 Å². The van der Waals surface area contributed by atoms with E-state index in [4.69, 9.17) is 0 Å². The molecule has 5 nitrogen and oxygen atoms in total. The minimum absolute atomic E-state index is 0.217. The highest BCUT2D eigenvalue weighted by atomic mass is 16.3. The van der Waals surface area contributed by atoms with Crippen molar-refractivity contribution in [2.24, 2.45) is 0 Å².